The first kappa shape index (κ1) is 12.3. The van der Waals surface area contributed by atoms with Gasteiger partial charge >= 0.3 is 0 Å². The molecule has 1 aliphatic rings. The van der Waals surface area contributed by atoms with Gasteiger partial charge in [0.05, 0.1) is 10.6 Å². The van der Waals surface area contributed by atoms with Crippen molar-refractivity contribution in [1.82, 2.24) is 4.98 Å². The Kier molecular flexibility index (Phi) is 3.26. The van der Waals surface area contributed by atoms with Crippen LogP contribution in [0.3, 0.4) is 0 Å². The molecule has 2 aromatic rings. The van der Waals surface area contributed by atoms with Gasteiger partial charge < -0.3 is 0 Å². The van der Waals surface area contributed by atoms with Crippen LogP contribution in [0.4, 0.5) is 0 Å². The standard InChI is InChI=1S/C13H9BrClNOS/c14-13-16-10-5-8(6-11(17)12(10)18-13)7-2-1-3-9(15)4-7/h1-4,8H,5-6H2. The average Bonchev–Trinajstić information content (AvgIpc) is 2.70. The van der Waals surface area contributed by atoms with E-state index in [2.05, 4.69) is 20.9 Å². The second-order valence-electron chi connectivity index (χ2n) is 4.33. The van der Waals surface area contributed by atoms with Crippen LogP contribution in [-0.2, 0) is 6.42 Å². The van der Waals surface area contributed by atoms with Crippen LogP contribution >= 0.6 is 38.9 Å². The number of benzene rings is 1. The monoisotopic (exact) mass is 341 g/mol. The van der Waals surface area contributed by atoms with E-state index in [0.717, 1.165) is 26.5 Å². The molecule has 18 heavy (non-hydrogen) atoms. The van der Waals surface area contributed by atoms with Gasteiger partial charge in [0.15, 0.2) is 9.70 Å². The molecule has 3 rings (SSSR count). The zero-order valence-corrected chi connectivity index (χ0v) is 12.5. The maximum Gasteiger partial charge on any atom is 0.175 e. The molecule has 0 radical (unpaired) electrons. The fourth-order valence-corrected chi connectivity index (χ4v) is 3.96. The van der Waals surface area contributed by atoms with Crippen molar-refractivity contribution in [2.45, 2.75) is 18.8 Å². The van der Waals surface area contributed by atoms with E-state index in [1.165, 1.54) is 11.3 Å². The Labute approximate surface area is 122 Å². The fourth-order valence-electron chi connectivity index (χ4n) is 2.30. The summed E-state index contributed by atoms with van der Waals surface area (Å²) >= 11 is 10.8. The second-order valence-corrected chi connectivity index (χ2v) is 7.04. The quantitative estimate of drug-likeness (QED) is 0.765. The van der Waals surface area contributed by atoms with Gasteiger partial charge in [-0.1, -0.05) is 23.7 Å². The molecule has 2 nitrogen and oxygen atoms in total. The van der Waals surface area contributed by atoms with Gasteiger partial charge in [0.1, 0.15) is 0 Å². The number of carbonyl (C=O) groups is 1. The Balaban J connectivity index is 1.96. The van der Waals surface area contributed by atoms with Gasteiger partial charge in [0, 0.05) is 11.4 Å². The molecule has 1 heterocycles. The number of rotatable bonds is 1. The molecule has 1 aromatic heterocycles. The van der Waals surface area contributed by atoms with Crippen molar-refractivity contribution in [3.8, 4) is 0 Å². The normalized spacial score (nSPS) is 18.8. The lowest BCUT2D eigenvalue weighted by atomic mass is 9.85. The van der Waals surface area contributed by atoms with Crippen LogP contribution < -0.4 is 0 Å². The first-order valence-electron chi connectivity index (χ1n) is 5.57. The number of hydrogen-bond acceptors (Lipinski definition) is 3. The maximum absolute atomic E-state index is 12.1. The topological polar surface area (TPSA) is 30.0 Å². The highest BCUT2D eigenvalue weighted by atomic mass is 79.9. The number of aromatic nitrogens is 1. The molecule has 0 bridgehead atoms. The van der Waals surface area contributed by atoms with E-state index in [-0.39, 0.29) is 11.7 Å². The lowest BCUT2D eigenvalue weighted by Crippen LogP contribution is -2.17. The third-order valence-corrected chi connectivity index (χ3v) is 4.94. The molecule has 5 heteroatoms. The van der Waals surface area contributed by atoms with Gasteiger partial charge in [-0.15, -0.1) is 11.3 Å². The minimum absolute atomic E-state index is 0.185. The molecule has 1 aliphatic carbocycles. The largest absolute Gasteiger partial charge is 0.293 e. The lowest BCUT2D eigenvalue weighted by molar-refractivity contribution is 0.0968. The van der Waals surface area contributed by atoms with Crippen molar-refractivity contribution in [1.29, 1.82) is 0 Å². The number of ketones is 1. The van der Waals surface area contributed by atoms with E-state index < -0.39 is 0 Å². The highest BCUT2D eigenvalue weighted by Crippen LogP contribution is 2.36. The van der Waals surface area contributed by atoms with Crippen molar-refractivity contribution in [3.63, 3.8) is 0 Å². The summed E-state index contributed by atoms with van der Waals surface area (Å²) in [6.07, 6.45) is 1.35. The van der Waals surface area contributed by atoms with Crippen molar-refractivity contribution in [2.24, 2.45) is 0 Å². The minimum Gasteiger partial charge on any atom is -0.293 e. The SMILES string of the molecule is O=C1CC(c2cccc(Cl)c2)Cc2nc(Br)sc21. The first-order chi connectivity index (χ1) is 8.63. The summed E-state index contributed by atoms with van der Waals surface area (Å²) in [5.74, 6) is 0.377. The molecule has 1 atom stereocenters. The molecule has 0 N–H and O–H groups in total. The Morgan fingerprint density at radius 1 is 1.39 bits per heavy atom. The predicted molar refractivity (Wildman–Crippen MR) is 76.7 cm³/mol. The molecule has 92 valence electrons. The Morgan fingerprint density at radius 2 is 2.22 bits per heavy atom. The Morgan fingerprint density at radius 3 is 3.00 bits per heavy atom. The van der Waals surface area contributed by atoms with Crippen LogP contribution in [-0.4, -0.2) is 10.8 Å². The van der Waals surface area contributed by atoms with Crippen LogP contribution in [0.15, 0.2) is 28.2 Å². The van der Waals surface area contributed by atoms with Crippen LogP contribution in [0.5, 0.6) is 0 Å². The number of nitrogens with zero attached hydrogens (tertiary/aromatic N) is 1. The predicted octanol–water partition coefficient (Wildman–Crippen LogP) is 4.47. The Bertz CT molecular complexity index is 625. The number of fused-ring (bicyclic) bond motifs is 1. The van der Waals surface area contributed by atoms with Gasteiger partial charge in [-0.2, -0.15) is 0 Å². The summed E-state index contributed by atoms with van der Waals surface area (Å²) in [6, 6.07) is 7.73. The lowest BCUT2D eigenvalue weighted by Gasteiger charge is -2.20. The molecule has 0 fully saturated rings. The number of thiazole rings is 1. The highest BCUT2D eigenvalue weighted by molar-refractivity contribution is 9.11. The van der Waals surface area contributed by atoms with Crippen molar-refractivity contribution in [3.05, 3.63) is 49.3 Å². The molecule has 0 saturated carbocycles. The van der Waals surface area contributed by atoms with E-state index in [4.69, 9.17) is 11.6 Å². The molecule has 0 amide bonds. The molecule has 1 unspecified atom stereocenters. The smallest absolute Gasteiger partial charge is 0.175 e. The van der Waals surface area contributed by atoms with E-state index >= 15 is 0 Å². The van der Waals surface area contributed by atoms with Gasteiger partial charge in [-0.25, -0.2) is 4.98 Å². The van der Waals surface area contributed by atoms with Crippen LogP contribution in [0.25, 0.3) is 0 Å². The Hall–Kier alpha value is -0.710. The maximum atomic E-state index is 12.1. The van der Waals surface area contributed by atoms with E-state index in [1.807, 2.05) is 24.3 Å². The molecular weight excluding hydrogens is 334 g/mol. The second kappa shape index (κ2) is 4.76. The van der Waals surface area contributed by atoms with Crippen molar-refractivity contribution < 1.29 is 4.79 Å². The van der Waals surface area contributed by atoms with E-state index in [1.54, 1.807) is 0 Å². The van der Waals surface area contributed by atoms with Gasteiger partial charge in [0.2, 0.25) is 0 Å². The van der Waals surface area contributed by atoms with Crippen molar-refractivity contribution >= 4 is 44.7 Å². The molecular formula is C13H9BrClNOS. The zero-order chi connectivity index (χ0) is 12.7. The average molecular weight is 343 g/mol. The molecule has 0 saturated heterocycles. The molecule has 0 aliphatic heterocycles. The van der Waals surface area contributed by atoms with Crippen LogP contribution in [0.2, 0.25) is 5.02 Å². The summed E-state index contributed by atoms with van der Waals surface area (Å²) in [5, 5.41) is 0.713. The number of carbonyl (C=O) groups excluding carboxylic acids is 1. The van der Waals surface area contributed by atoms with Gasteiger partial charge in [-0.3, -0.25) is 4.79 Å². The number of halogens is 2. The summed E-state index contributed by atoms with van der Waals surface area (Å²) in [5.41, 5.74) is 2.03. The summed E-state index contributed by atoms with van der Waals surface area (Å²) in [7, 11) is 0. The summed E-state index contributed by atoms with van der Waals surface area (Å²) < 4.78 is 0.785. The number of Topliss-reactive ketones (excluding diaryl/α,β-unsaturated/α-hetero) is 1. The molecule has 1 aromatic carbocycles. The summed E-state index contributed by atoms with van der Waals surface area (Å²) in [4.78, 5) is 17.3. The van der Waals surface area contributed by atoms with Crippen molar-refractivity contribution in [2.75, 3.05) is 0 Å². The van der Waals surface area contributed by atoms with E-state index in [0.29, 0.717) is 11.4 Å². The zero-order valence-electron chi connectivity index (χ0n) is 9.32. The van der Waals surface area contributed by atoms with Crippen LogP contribution in [0.1, 0.15) is 33.3 Å². The van der Waals surface area contributed by atoms with Crippen LogP contribution in [0, 0.1) is 0 Å². The van der Waals surface area contributed by atoms with Gasteiger partial charge in [-0.05, 0) is 46.0 Å². The third-order valence-electron chi connectivity index (χ3n) is 3.12. The number of hydrogen-bond donors (Lipinski definition) is 0. The minimum atomic E-state index is 0.185. The first-order valence-corrected chi connectivity index (χ1v) is 7.56. The summed E-state index contributed by atoms with van der Waals surface area (Å²) in [6.45, 7) is 0. The molecule has 0 spiro atoms. The van der Waals surface area contributed by atoms with Gasteiger partial charge in [0.25, 0.3) is 0 Å². The van der Waals surface area contributed by atoms with E-state index in [9.17, 15) is 4.79 Å². The fraction of sp³-hybridized carbons (Fsp3) is 0.231. The highest BCUT2D eigenvalue weighted by Gasteiger charge is 2.29. The third kappa shape index (κ3) is 2.25.